The van der Waals surface area contributed by atoms with Crippen molar-refractivity contribution in [2.24, 2.45) is 0 Å². The zero-order valence-electron chi connectivity index (χ0n) is 19.8. The molecule has 1 aliphatic heterocycles. The van der Waals surface area contributed by atoms with Gasteiger partial charge in [0.05, 0.1) is 24.5 Å². The first-order chi connectivity index (χ1) is 16.5. The number of hydrogen-bond acceptors (Lipinski definition) is 5. The van der Waals surface area contributed by atoms with E-state index in [9.17, 15) is 9.59 Å². The first-order valence-electron chi connectivity index (χ1n) is 11.3. The lowest BCUT2D eigenvalue weighted by Gasteiger charge is -2.25. The number of anilines is 2. The van der Waals surface area contributed by atoms with Crippen molar-refractivity contribution in [3.63, 3.8) is 0 Å². The molecule has 1 heterocycles. The Balaban J connectivity index is 1.85. The van der Waals surface area contributed by atoms with Gasteiger partial charge in [0, 0.05) is 17.8 Å². The zero-order chi connectivity index (χ0) is 24.2. The normalized spacial score (nSPS) is 13.6. The average molecular weight is 457 g/mol. The minimum atomic E-state index is -0.392. The Morgan fingerprint density at radius 2 is 1.50 bits per heavy atom. The van der Waals surface area contributed by atoms with Gasteiger partial charge >= 0.3 is 0 Å². The minimum Gasteiger partial charge on any atom is -0.496 e. The average Bonchev–Trinajstić information content (AvgIpc) is 3.10. The summed E-state index contributed by atoms with van der Waals surface area (Å²) in [5.74, 6) is 0.434. The molecule has 0 saturated carbocycles. The second-order valence-corrected chi connectivity index (χ2v) is 8.11. The SMILES string of the molecule is CCN(C1=C(c2ccccc2OC)C(=O)N(c2ccc(OC(C)C)cc2)C1=O)c1ccccc1. The standard InChI is InChI=1S/C28H28N2O4/c1-5-29(20-11-7-6-8-12-20)26-25(23-13-9-10-14-24(23)33-4)27(31)30(28(26)32)21-15-17-22(18-16-21)34-19(2)3/h6-19H,5H2,1-4H3. The Morgan fingerprint density at radius 3 is 2.12 bits per heavy atom. The number of para-hydroxylation sites is 2. The quantitative estimate of drug-likeness (QED) is 0.431. The van der Waals surface area contributed by atoms with Crippen molar-refractivity contribution in [2.45, 2.75) is 26.9 Å². The number of rotatable bonds is 8. The van der Waals surface area contributed by atoms with Crippen LogP contribution in [-0.4, -0.2) is 31.6 Å². The first-order valence-corrected chi connectivity index (χ1v) is 11.3. The predicted octanol–water partition coefficient (Wildman–Crippen LogP) is 5.29. The fraction of sp³-hybridized carbons (Fsp3) is 0.214. The van der Waals surface area contributed by atoms with E-state index in [-0.39, 0.29) is 12.0 Å². The highest BCUT2D eigenvalue weighted by Gasteiger charge is 2.43. The Morgan fingerprint density at radius 1 is 0.853 bits per heavy atom. The van der Waals surface area contributed by atoms with Crippen LogP contribution < -0.4 is 19.3 Å². The third-order valence-electron chi connectivity index (χ3n) is 5.56. The van der Waals surface area contributed by atoms with E-state index in [0.29, 0.717) is 40.6 Å². The van der Waals surface area contributed by atoms with Crippen LogP contribution in [-0.2, 0) is 9.59 Å². The Bertz CT molecular complexity index is 1220. The molecular weight excluding hydrogens is 428 g/mol. The third-order valence-corrected chi connectivity index (χ3v) is 5.56. The van der Waals surface area contributed by atoms with Crippen molar-refractivity contribution < 1.29 is 19.1 Å². The second kappa shape index (κ2) is 9.83. The summed E-state index contributed by atoms with van der Waals surface area (Å²) in [5, 5.41) is 0. The lowest BCUT2D eigenvalue weighted by molar-refractivity contribution is -0.120. The van der Waals surface area contributed by atoms with Crippen LogP contribution >= 0.6 is 0 Å². The fourth-order valence-corrected chi connectivity index (χ4v) is 4.12. The molecule has 0 bridgehead atoms. The number of carbonyl (C=O) groups excluding carboxylic acids is 2. The van der Waals surface area contributed by atoms with Gasteiger partial charge in [0.15, 0.2) is 0 Å². The summed E-state index contributed by atoms with van der Waals surface area (Å²) in [4.78, 5) is 30.8. The molecule has 3 aromatic rings. The fourth-order valence-electron chi connectivity index (χ4n) is 4.12. The van der Waals surface area contributed by atoms with Crippen LogP contribution in [0.5, 0.6) is 11.5 Å². The van der Waals surface area contributed by atoms with Crippen LogP contribution in [0, 0.1) is 0 Å². The monoisotopic (exact) mass is 456 g/mol. The number of amides is 2. The maximum Gasteiger partial charge on any atom is 0.282 e. The molecule has 0 aromatic heterocycles. The summed E-state index contributed by atoms with van der Waals surface area (Å²) in [6.07, 6.45) is 0.0234. The topological polar surface area (TPSA) is 59.1 Å². The van der Waals surface area contributed by atoms with Crippen molar-refractivity contribution in [1.82, 2.24) is 0 Å². The molecule has 34 heavy (non-hydrogen) atoms. The third kappa shape index (κ3) is 4.27. The molecule has 0 unspecified atom stereocenters. The van der Waals surface area contributed by atoms with E-state index in [2.05, 4.69) is 0 Å². The van der Waals surface area contributed by atoms with Crippen molar-refractivity contribution in [1.29, 1.82) is 0 Å². The molecule has 0 saturated heterocycles. The number of likely N-dealkylation sites (N-methyl/N-ethyl adjacent to an activating group) is 1. The Kier molecular flexibility index (Phi) is 6.68. The summed E-state index contributed by atoms with van der Waals surface area (Å²) in [6, 6.07) is 23.9. The Hall–Kier alpha value is -4.06. The number of nitrogens with zero attached hydrogens (tertiary/aromatic N) is 2. The van der Waals surface area contributed by atoms with Crippen molar-refractivity contribution >= 4 is 28.8 Å². The summed E-state index contributed by atoms with van der Waals surface area (Å²) in [6.45, 7) is 6.35. The number of hydrogen-bond donors (Lipinski definition) is 0. The van der Waals surface area contributed by atoms with E-state index in [0.717, 1.165) is 5.69 Å². The van der Waals surface area contributed by atoms with Gasteiger partial charge in [-0.2, -0.15) is 0 Å². The van der Waals surface area contributed by atoms with Crippen LogP contribution in [0.3, 0.4) is 0 Å². The van der Waals surface area contributed by atoms with Gasteiger partial charge < -0.3 is 14.4 Å². The molecule has 0 atom stereocenters. The summed E-state index contributed by atoms with van der Waals surface area (Å²) >= 11 is 0. The number of benzene rings is 3. The van der Waals surface area contributed by atoms with Crippen LogP contribution in [0.15, 0.2) is 84.6 Å². The zero-order valence-corrected chi connectivity index (χ0v) is 19.8. The van der Waals surface area contributed by atoms with E-state index < -0.39 is 5.91 Å². The van der Waals surface area contributed by atoms with Gasteiger partial charge in [0.2, 0.25) is 0 Å². The summed E-state index contributed by atoms with van der Waals surface area (Å²) in [7, 11) is 1.56. The van der Waals surface area contributed by atoms with Gasteiger partial charge in [-0.3, -0.25) is 9.59 Å². The van der Waals surface area contributed by atoms with Crippen LogP contribution in [0.2, 0.25) is 0 Å². The van der Waals surface area contributed by atoms with E-state index in [1.807, 2.05) is 68.1 Å². The molecule has 2 amide bonds. The van der Waals surface area contributed by atoms with Crippen molar-refractivity contribution in [2.75, 3.05) is 23.5 Å². The molecule has 6 nitrogen and oxygen atoms in total. The van der Waals surface area contributed by atoms with Crippen LogP contribution in [0.25, 0.3) is 5.57 Å². The van der Waals surface area contributed by atoms with Crippen LogP contribution in [0.4, 0.5) is 11.4 Å². The van der Waals surface area contributed by atoms with E-state index in [4.69, 9.17) is 9.47 Å². The van der Waals surface area contributed by atoms with Gasteiger partial charge in [0.1, 0.15) is 17.2 Å². The van der Waals surface area contributed by atoms with Gasteiger partial charge in [0.25, 0.3) is 11.8 Å². The number of ether oxygens (including phenoxy) is 2. The maximum atomic E-state index is 13.9. The van der Waals surface area contributed by atoms with Gasteiger partial charge in [-0.05, 0) is 63.2 Å². The van der Waals surface area contributed by atoms with Crippen molar-refractivity contribution in [3.8, 4) is 11.5 Å². The van der Waals surface area contributed by atoms with Crippen LogP contribution in [0.1, 0.15) is 26.3 Å². The molecule has 0 fully saturated rings. The van der Waals surface area contributed by atoms with E-state index in [1.165, 1.54) is 4.90 Å². The Labute approximate surface area is 200 Å². The smallest absolute Gasteiger partial charge is 0.282 e. The molecule has 0 radical (unpaired) electrons. The van der Waals surface area contributed by atoms with Gasteiger partial charge in [-0.1, -0.05) is 36.4 Å². The molecule has 3 aromatic carbocycles. The van der Waals surface area contributed by atoms with Gasteiger partial charge in [-0.25, -0.2) is 4.90 Å². The largest absolute Gasteiger partial charge is 0.496 e. The molecular formula is C28H28N2O4. The lowest BCUT2D eigenvalue weighted by atomic mass is 10.0. The highest BCUT2D eigenvalue weighted by Crippen LogP contribution is 2.39. The number of methoxy groups -OCH3 is 1. The number of imide groups is 1. The highest BCUT2D eigenvalue weighted by atomic mass is 16.5. The van der Waals surface area contributed by atoms with E-state index in [1.54, 1.807) is 43.5 Å². The molecule has 174 valence electrons. The molecule has 6 heteroatoms. The predicted molar refractivity (Wildman–Crippen MR) is 134 cm³/mol. The number of carbonyl (C=O) groups is 2. The molecule has 0 N–H and O–H groups in total. The minimum absolute atomic E-state index is 0.0234. The summed E-state index contributed by atoms with van der Waals surface area (Å²) < 4.78 is 11.3. The van der Waals surface area contributed by atoms with E-state index >= 15 is 0 Å². The summed E-state index contributed by atoms with van der Waals surface area (Å²) in [5.41, 5.74) is 2.53. The molecule has 1 aliphatic rings. The lowest BCUT2D eigenvalue weighted by Crippen LogP contribution is -2.35. The highest BCUT2D eigenvalue weighted by molar-refractivity contribution is 6.46. The second-order valence-electron chi connectivity index (χ2n) is 8.11. The molecule has 0 aliphatic carbocycles. The van der Waals surface area contributed by atoms with Gasteiger partial charge in [-0.15, -0.1) is 0 Å². The van der Waals surface area contributed by atoms with Crippen molar-refractivity contribution in [3.05, 3.63) is 90.1 Å². The maximum absolute atomic E-state index is 13.9. The molecule has 4 rings (SSSR count). The molecule has 0 spiro atoms. The first kappa shape index (κ1) is 23.1.